The van der Waals surface area contributed by atoms with Crippen LogP contribution in [0.5, 0.6) is 5.75 Å². The first kappa shape index (κ1) is 20.7. The summed E-state index contributed by atoms with van der Waals surface area (Å²) in [5.41, 5.74) is 1.27. The van der Waals surface area contributed by atoms with Crippen molar-refractivity contribution in [2.75, 3.05) is 5.32 Å². The highest BCUT2D eigenvalue weighted by molar-refractivity contribution is 7.89. The molecule has 9 heteroatoms. The van der Waals surface area contributed by atoms with Crippen LogP contribution in [0.15, 0.2) is 41.3 Å². The van der Waals surface area contributed by atoms with E-state index in [1.54, 1.807) is 0 Å². The third kappa shape index (κ3) is 5.66. The van der Waals surface area contributed by atoms with Gasteiger partial charge in [-0.2, -0.15) is 0 Å². The minimum atomic E-state index is -4.03. The Hall–Kier alpha value is -2.65. The van der Waals surface area contributed by atoms with Gasteiger partial charge in [-0.3, -0.25) is 10.1 Å². The fourth-order valence-corrected chi connectivity index (χ4v) is 2.95. The molecule has 0 bridgehead atoms. The molecule has 146 valence electrons. The molecule has 2 aromatic carbocycles. The molecule has 0 atom stereocenters. The number of nitrogens with two attached hydrogens (primary N) is 1. The monoisotopic (exact) mass is 393 g/mol. The third-order valence-corrected chi connectivity index (χ3v) is 4.51. The van der Waals surface area contributed by atoms with E-state index >= 15 is 0 Å². The lowest BCUT2D eigenvalue weighted by Crippen LogP contribution is -2.24. The Balaban J connectivity index is 2.33. The number of sulfonamides is 1. The summed E-state index contributed by atoms with van der Waals surface area (Å²) >= 11 is 0. The standard InChI is InChI=1S/C18H23N3O5S/c1-12-5-6-13(17(9-12)26-18(2,3)4)11-20-15-8-7-14(27(19,24)25)10-16(15)21(22)23/h5-10,20H,11H2,1-4H3,(H2,19,24,25). The molecule has 0 spiro atoms. The summed E-state index contributed by atoms with van der Waals surface area (Å²) in [6.07, 6.45) is 0. The van der Waals surface area contributed by atoms with E-state index in [4.69, 9.17) is 9.88 Å². The number of benzene rings is 2. The van der Waals surface area contributed by atoms with Gasteiger partial charge in [-0.25, -0.2) is 13.6 Å². The first-order chi connectivity index (χ1) is 12.4. The van der Waals surface area contributed by atoms with Crippen LogP contribution in [-0.4, -0.2) is 18.9 Å². The lowest BCUT2D eigenvalue weighted by atomic mass is 10.1. The van der Waals surface area contributed by atoms with E-state index in [1.807, 2.05) is 45.9 Å². The number of primary sulfonamides is 1. The highest BCUT2D eigenvalue weighted by atomic mass is 32.2. The summed E-state index contributed by atoms with van der Waals surface area (Å²) in [6.45, 7) is 8.01. The number of hydrogen-bond donors (Lipinski definition) is 2. The molecule has 8 nitrogen and oxygen atoms in total. The van der Waals surface area contributed by atoms with Gasteiger partial charge >= 0.3 is 0 Å². The van der Waals surface area contributed by atoms with Crippen LogP contribution >= 0.6 is 0 Å². The predicted molar refractivity (Wildman–Crippen MR) is 103 cm³/mol. The predicted octanol–water partition coefficient (Wildman–Crippen LogP) is 3.34. The summed E-state index contributed by atoms with van der Waals surface area (Å²) in [4.78, 5) is 10.3. The van der Waals surface area contributed by atoms with E-state index < -0.39 is 20.5 Å². The number of nitro groups is 1. The molecule has 3 N–H and O–H groups in total. The summed E-state index contributed by atoms with van der Waals surface area (Å²) in [6, 6.07) is 9.21. The Labute approximate surface area is 158 Å². The molecule has 0 radical (unpaired) electrons. The molecule has 27 heavy (non-hydrogen) atoms. The molecule has 0 aromatic heterocycles. The van der Waals surface area contributed by atoms with E-state index in [1.165, 1.54) is 12.1 Å². The van der Waals surface area contributed by atoms with Crippen molar-refractivity contribution >= 4 is 21.4 Å². The molecular formula is C18H23N3O5S. The largest absolute Gasteiger partial charge is 0.488 e. The highest BCUT2D eigenvalue weighted by Gasteiger charge is 2.20. The minimum absolute atomic E-state index is 0.190. The van der Waals surface area contributed by atoms with Crippen LogP contribution in [0.4, 0.5) is 11.4 Å². The Morgan fingerprint density at radius 3 is 2.41 bits per heavy atom. The van der Waals surface area contributed by atoms with E-state index in [9.17, 15) is 18.5 Å². The SMILES string of the molecule is Cc1ccc(CNc2ccc(S(N)(=O)=O)cc2[N+](=O)[O-])c(OC(C)(C)C)c1. The zero-order valence-electron chi connectivity index (χ0n) is 15.6. The van der Waals surface area contributed by atoms with E-state index in [2.05, 4.69) is 5.32 Å². The first-order valence-corrected chi connectivity index (χ1v) is 9.75. The fourth-order valence-electron chi connectivity index (χ4n) is 2.41. The molecule has 0 aliphatic carbocycles. The quantitative estimate of drug-likeness (QED) is 0.573. The van der Waals surface area contributed by atoms with Crippen molar-refractivity contribution in [2.45, 2.75) is 44.7 Å². The zero-order chi connectivity index (χ0) is 20.4. The van der Waals surface area contributed by atoms with Gasteiger partial charge in [0.25, 0.3) is 5.69 Å². The number of hydrogen-bond acceptors (Lipinski definition) is 6. The van der Waals surface area contributed by atoms with E-state index in [-0.39, 0.29) is 22.8 Å². The van der Waals surface area contributed by atoms with Crippen molar-refractivity contribution in [2.24, 2.45) is 5.14 Å². The molecule has 0 saturated carbocycles. The summed E-state index contributed by atoms with van der Waals surface area (Å²) in [7, 11) is -4.03. The Bertz CT molecular complexity index is 965. The Morgan fingerprint density at radius 2 is 1.85 bits per heavy atom. The van der Waals surface area contributed by atoms with Gasteiger partial charge in [-0.1, -0.05) is 12.1 Å². The molecule has 0 saturated heterocycles. The lowest BCUT2D eigenvalue weighted by molar-refractivity contribution is -0.384. The van der Waals surface area contributed by atoms with Gasteiger partial charge in [-0.15, -0.1) is 0 Å². The summed E-state index contributed by atoms with van der Waals surface area (Å²) in [5.74, 6) is 0.679. The highest BCUT2D eigenvalue weighted by Crippen LogP contribution is 2.30. The van der Waals surface area contributed by atoms with Crippen molar-refractivity contribution in [3.63, 3.8) is 0 Å². The molecular weight excluding hydrogens is 370 g/mol. The number of aryl methyl sites for hydroxylation is 1. The maximum atomic E-state index is 11.4. The smallest absolute Gasteiger partial charge is 0.293 e. The molecule has 0 fully saturated rings. The van der Waals surface area contributed by atoms with Crippen LogP contribution in [0.1, 0.15) is 31.9 Å². The molecule has 0 unspecified atom stereocenters. The van der Waals surface area contributed by atoms with Gasteiger partial charge in [0.15, 0.2) is 0 Å². The maximum absolute atomic E-state index is 11.4. The minimum Gasteiger partial charge on any atom is -0.488 e. The first-order valence-electron chi connectivity index (χ1n) is 8.20. The number of nitrogens with one attached hydrogen (secondary N) is 1. The Kier molecular flexibility index (Phi) is 5.76. The molecule has 0 amide bonds. The van der Waals surface area contributed by atoms with Gasteiger partial charge in [0.1, 0.15) is 17.0 Å². The van der Waals surface area contributed by atoms with Crippen molar-refractivity contribution in [1.29, 1.82) is 0 Å². The summed E-state index contributed by atoms with van der Waals surface area (Å²) in [5, 5.41) is 19.3. The molecule has 0 heterocycles. The average Bonchev–Trinajstić information content (AvgIpc) is 2.51. The van der Waals surface area contributed by atoms with Crippen LogP contribution in [-0.2, 0) is 16.6 Å². The number of anilines is 1. The number of rotatable bonds is 6. The van der Waals surface area contributed by atoms with Crippen LogP contribution in [0.3, 0.4) is 0 Å². The molecule has 2 aromatic rings. The second-order valence-electron chi connectivity index (χ2n) is 7.16. The molecule has 0 aliphatic heterocycles. The third-order valence-electron chi connectivity index (χ3n) is 3.60. The van der Waals surface area contributed by atoms with Crippen molar-refractivity contribution in [3.8, 4) is 5.75 Å². The zero-order valence-corrected chi connectivity index (χ0v) is 16.5. The summed E-state index contributed by atoms with van der Waals surface area (Å²) < 4.78 is 28.8. The second-order valence-corrected chi connectivity index (χ2v) is 8.72. The van der Waals surface area contributed by atoms with Gasteiger partial charge < -0.3 is 10.1 Å². The maximum Gasteiger partial charge on any atom is 0.293 e. The normalized spacial score (nSPS) is 11.9. The van der Waals surface area contributed by atoms with Crippen LogP contribution in [0.25, 0.3) is 0 Å². The van der Waals surface area contributed by atoms with E-state index in [0.29, 0.717) is 5.75 Å². The fraction of sp³-hybridized carbons (Fsp3) is 0.333. The number of nitrogens with zero attached hydrogens (tertiary/aromatic N) is 1. The number of ether oxygens (including phenoxy) is 1. The van der Waals surface area contributed by atoms with Crippen LogP contribution in [0.2, 0.25) is 0 Å². The lowest BCUT2D eigenvalue weighted by Gasteiger charge is -2.24. The molecule has 0 aliphatic rings. The van der Waals surface area contributed by atoms with Crippen molar-refractivity contribution in [1.82, 2.24) is 0 Å². The van der Waals surface area contributed by atoms with Gasteiger partial charge in [0.2, 0.25) is 10.0 Å². The average molecular weight is 393 g/mol. The van der Waals surface area contributed by atoms with E-state index in [0.717, 1.165) is 17.2 Å². The van der Waals surface area contributed by atoms with Gasteiger partial charge in [-0.05, 0) is 51.5 Å². The second kappa shape index (κ2) is 7.53. The van der Waals surface area contributed by atoms with Crippen LogP contribution < -0.4 is 15.2 Å². The molecule has 2 rings (SSSR count). The van der Waals surface area contributed by atoms with Crippen LogP contribution in [0, 0.1) is 17.0 Å². The Morgan fingerprint density at radius 1 is 1.19 bits per heavy atom. The van der Waals surface area contributed by atoms with Crippen molar-refractivity contribution < 1.29 is 18.1 Å². The van der Waals surface area contributed by atoms with Gasteiger partial charge in [0.05, 0.1) is 9.82 Å². The topological polar surface area (TPSA) is 125 Å². The number of nitro benzene ring substituents is 1. The van der Waals surface area contributed by atoms with Gasteiger partial charge in [0, 0.05) is 18.2 Å². The van der Waals surface area contributed by atoms with Crippen molar-refractivity contribution in [3.05, 3.63) is 57.6 Å².